The van der Waals surface area contributed by atoms with Gasteiger partial charge < -0.3 is 9.84 Å². The maximum Gasteiger partial charge on any atom is 0.407 e. The average molecular weight is 361 g/mol. The molecule has 0 aromatic carbocycles. The molecule has 0 amide bonds. The Morgan fingerprint density at radius 1 is 1.39 bits per heavy atom. The van der Waals surface area contributed by atoms with Gasteiger partial charge in [0.05, 0.1) is 18.9 Å². The number of carbonyl (C=O) groups is 2. The Balaban J connectivity index is 3.03. The fraction of sp³-hybridized carbons (Fsp3) is 0.833. The molecule has 2 atom stereocenters. The van der Waals surface area contributed by atoms with Gasteiger partial charge in [-0.2, -0.15) is 13.2 Å². The minimum atomic E-state index is -5.16. The number of ether oxygens (including phenoxy) is 1. The van der Waals surface area contributed by atoms with Crippen LogP contribution in [0.1, 0.15) is 26.2 Å². The normalized spacial score (nSPS) is 21.7. The van der Waals surface area contributed by atoms with E-state index < -0.39 is 52.3 Å². The van der Waals surface area contributed by atoms with E-state index >= 15 is 0 Å². The first-order chi connectivity index (χ1) is 10.5. The lowest BCUT2D eigenvalue weighted by molar-refractivity contribution is -0.155. The molecule has 0 radical (unpaired) electrons. The predicted octanol–water partition coefficient (Wildman–Crippen LogP) is 0.997. The zero-order chi connectivity index (χ0) is 17.8. The van der Waals surface area contributed by atoms with E-state index in [9.17, 15) is 31.2 Å². The van der Waals surface area contributed by atoms with Crippen molar-refractivity contribution in [1.29, 1.82) is 0 Å². The molecule has 0 aromatic heterocycles. The van der Waals surface area contributed by atoms with Crippen molar-refractivity contribution < 1.29 is 41.0 Å². The molecular formula is C12H18F3NO6S. The number of hydrogen-bond donors (Lipinski definition) is 1. The van der Waals surface area contributed by atoms with E-state index in [2.05, 4.69) is 4.74 Å². The summed E-state index contributed by atoms with van der Waals surface area (Å²) in [5.41, 5.74) is 0. The zero-order valence-electron chi connectivity index (χ0n) is 12.4. The van der Waals surface area contributed by atoms with Gasteiger partial charge in [0.25, 0.3) is 0 Å². The fourth-order valence-corrected chi connectivity index (χ4v) is 4.13. The van der Waals surface area contributed by atoms with Gasteiger partial charge in [-0.25, -0.2) is 12.7 Å². The predicted molar refractivity (Wildman–Crippen MR) is 71.9 cm³/mol. The number of piperidine rings is 1. The van der Waals surface area contributed by atoms with Gasteiger partial charge in [0.2, 0.25) is 10.0 Å². The van der Waals surface area contributed by atoms with E-state index in [1.54, 1.807) is 0 Å². The summed E-state index contributed by atoms with van der Waals surface area (Å²) in [6.45, 7) is 0.472. The minimum absolute atomic E-state index is 0.139. The molecule has 11 heteroatoms. The highest BCUT2D eigenvalue weighted by Crippen LogP contribution is 2.33. The molecule has 23 heavy (non-hydrogen) atoms. The van der Waals surface area contributed by atoms with Crippen LogP contribution in [-0.4, -0.2) is 60.9 Å². The number of nitrogens with zero attached hydrogens (tertiary/aromatic N) is 1. The molecule has 0 spiro atoms. The van der Waals surface area contributed by atoms with Gasteiger partial charge >= 0.3 is 18.1 Å². The Hall–Kier alpha value is -1.36. The van der Waals surface area contributed by atoms with Gasteiger partial charge in [0.1, 0.15) is 0 Å². The summed E-state index contributed by atoms with van der Waals surface area (Å²) in [4.78, 5) is 22.2. The van der Waals surface area contributed by atoms with Crippen molar-refractivity contribution in [3.63, 3.8) is 0 Å². The summed E-state index contributed by atoms with van der Waals surface area (Å²) < 4.78 is 68.7. The van der Waals surface area contributed by atoms with Crippen LogP contribution < -0.4 is 0 Å². The summed E-state index contributed by atoms with van der Waals surface area (Å²) in [5.74, 6) is -3.60. The number of rotatable bonds is 6. The van der Waals surface area contributed by atoms with Crippen LogP contribution in [0.25, 0.3) is 0 Å². The number of hydrogen-bond acceptors (Lipinski definition) is 5. The van der Waals surface area contributed by atoms with Crippen LogP contribution in [0, 0.1) is 5.92 Å². The zero-order valence-corrected chi connectivity index (χ0v) is 13.2. The van der Waals surface area contributed by atoms with Crippen LogP contribution in [0.3, 0.4) is 0 Å². The molecule has 1 fully saturated rings. The Morgan fingerprint density at radius 3 is 2.48 bits per heavy atom. The van der Waals surface area contributed by atoms with Crippen molar-refractivity contribution in [1.82, 2.24) is 4.31 Å². The number of carboxylic acids is 1. The van der Waals surface area contributed by atoms with E-state index in [1.807, 2.05) is 0 Å². The van der Waals surface area contributed by atoms with Gasteiger partial charge in [-0.1, -0.05) is 0 Å². The molecule has 1 aliphatic heterocycles. The molecule has 0 aromatic rings. The number of alkyl halides is 3. The standard InChI is InChI=1S/C12H18F3NO6S/c1-2-22-10(17)6-9(12(13,14)15)23(20,21)16-5-3-4-8(7-16)11(18)19/h8-9H,2-7H2,1H3,(H,18,19). The molecule has 1 saturated heterocycles. The topological polar surface area (TPSA) is 101 Å². The highest BCUT2D eigenvalue weighted by Gasteiger charge is 2.52. The second-order valence-electron chi connectivity index (χ2n) is 5.12. The van der Waals surface area contributed by atoms with E-state index in [1.165, 1.54) is 6.92 Å². The lowest BCUT2D eigenvalue weighted by Gasteiger charge is -2.33. The molecular weight excluding hydrogens is 343 g/mol. The van der Waals surface area contributed by atoms with Crippen molar-refractivity contribution in [3.05, 3.63) is 0 Å². The molecule has 0 saturated carbocycles. The SMILES string of the molecule is CCOC(=O)CC(C(F)(F)F)S(=O)(=O)N1CCCC(C(=O)O)C1. The van der Waals surface area contributed by atoms with Gasteiger partial charge in [0, 0.05) is 13.1 Å². The highest BCUT2D eigenvalue weighted by molar-refractivity contribution is 7.89. The summed E-state index contributed by atoms with van der Waals surface area (Å²) in [5, 5.41) is 5.97. The van der Waals surface area contributed by atoms with E-state index in [4.69, 9.17) is 5.11 Å². The quantitative estimate of drug-likeness (QED) is 0.708. The summed E-state index contributed by atoms with van der Waals surface area (Å²) in [6, 6.07) is 0. The van der Waals surface area contributed by atoms with Gasteiger partial charge in [0.15, 0.2) is 5.25 Å². The van der Waals surface area contributed by atoms with Crippen molar-refractivity contribution in [2.75, 3.05) is 19.7 Å². The maximum absolute atomic E-state index is 13.1. The monoisotopic (exact) mass is 361 g/mol. The molecule has 7 nitrogen and oxygen atoms in total. The van der Waals surface area contributed by atoms with Crippen LogP contribution in [0.15, 0.2) is 0 Å². The van der Waals surface area contributed by atoms with E-state index in [-0.39, 0.29) is 26.0 Å². The largest absolute Gasteiger partial charge is 0.481 e. The average Bonchev–Trinajstić information content (AvgIpc) is 2.44. The molecule has 1 aliphatic rings. The molecule has 1 rings (SSSR count). The summed E-state index contributed by atoms with van der Waals surface area (Å²) >= 11 is 0. The Bertz CT molecular complexity index is 547. The third kappa shape index (κ3) is 5.06. The summed E-state index contributed by atoms with van der Waals surface area (Å²) in [7, 11) is -4.92. The van der Waals surface area contributed by atoms with Crippen molar-refractivity contribution in [3.8, 4) is 0 Å². The first-order valence-corrected chi connectivity index (χ1v) is 8.44. The van der Waals surface area contributed by atoms with Crippen LogP contribution in [0.2, 0.25) is 0 Å². The van der Waals surface area contributed by atoms with Crippen molar-refractivity contribution in [2.24, 2.45) is 5.92 Å². The number of carbonyl (C=O) groups excluding carboxylic acids is 1. The third-order valence-electron chi connectivity index (χ3n) is 3.48. The van der Waals surface area contributed by atoms with Crippen LogP contribution in [0.5, 0.6) is 0 Å². The Morgan fingerprint density at radius 2 is 2.00 bits per heavy atom. The second-order valence-corrected chi connectivity index (χ2v) is 7.24. The minimum Gasteiger partial charge on any atom is -0.481 e. The lowest BCUT2D eigenvalue weighted by atomic mass is 10.0. The molecule has 0 aliphatic carbocycles. The first-order valence-electron chi connectivity index (χ1n) is 6.94. The molecule has 1 N–H and O–H groups in total. The fourth-order valence-electron chi connectivity index (χ4n) is 2.32. The Labute approximate surface area is 131 Å². The molecule has 2 unspecified atom stereocenters. The first kappa shape index (κ1) is 19.7. The van der Waals surface area contributed by atoms with Crippen LogP contribution in [-0.2, 0) is 24.3 Å². The number of esters is 1. The van der Waals surface area contributed by atoms with Crippen molar-refractivity contribution in [2.45, 2.75) is 37.6 Å². The third-order valence-corrected chi connectivity index (χ3v) is 5.68. The number of sulfonamides is 1. The second kappa shape index (κ2) is 7.47. The van der Waals surface area contributed by atoms with Crippen LogP contribution in [0.4, 0.5) is 13.2 Å². The van der Waals surface area contributed by atoms with Gasteiger partial charge in [-0.3, -0.25) is 9.59 Å². The summed E-state index contributed by atoms with van der Waals surface area (Å²) in [6.07, 6.45) is -6.19. The molecule has 1 heterocycles. The van der Waals surface area contributed by atoms with E-state index in [0.29, 0.717) is 4.31 Å². The molecule has 134 valence electrons. The number of carboxylic acid groups (broad SMARTS) is 1. The maximum atomic E-state index is 13.1. The lowest BCUT2D eigenvalue weighted by Crippen LogP contribution is -2.51. The Kier molecular flexibility index (Phi) is 6.40. The van der Waals surface area contributed by atoms with Crippen molar-refractivity contribution >= 4 is 22.0 Å². The van der Waals surface area contributed by atoms with E-state index in [0.717, 1.165) is 0 Å². The van der Waals surface area contributed by atoms with Gasteiger partial charge in [-0.05, 0) is 19.8 Å². The number of aliphatic carboxylic acids is 1. The number of halogens is 3. The highest BCUT2D eigenvalue weighted by atomic mass is 32.2. The van der Waals surface area contributed by atoms with Gasteiger partial charge in [-0.15, -0.1) is 0 Å². The van der Waals surface area contributed by atoms with Crippen LogP contribution >= 0.6 is 0 Å². The smallest absolute Gasteiger partial charge is 0.407 e. The molecule has 0 bridgehead atoms.